The number of nitrogens with one attached hydrogen (secondary N) is 3. The SMILES string of the molecule is Cc1ccc(OCC(=O)NNC(=S)Nc2ccc(OC(F)F)cc2)cc1C. The van der Waals surface area contributed by atoms with Crippen LogP contribution in [0.5, 0.6) is 11.5 Å². The van der Waals surface area contributed by atoms with Gasteiger partial charge < -0.3 is 14.8 Å². The number of rotatable bonds is 6. The molecule has 0 fully saturated rings. The van der Waals surface area contributed by atoms with Gasteiger partial charge in [-0.1, -0.05) is 6.07 Å². The molecule has 0 radical (unpaired) electrons. The number of hydrazine groups is 1. The lowest BCUT2D eigenvalue weighted by molar-refractivity contribution is -0.123. The van der Waals surface area contributed by atoms with Crippen LogP contribution < -0.4 is 25.6 Å². The van der Waals surface area contributed by atoms with Crippen LogP contribution in [0.2, 0.25) is 0 Å². The van der Waals surface area contributed by atoms with Crippen LogP contribution in [0.15, 0.2) is 42.5 Å². The van der Waals surface area contributed by atoms with Crippen molar-refractivity contribution in [3.8, 4) is 11.5 Å². The third-order valence-electron chi connectivity index (χ3n) is 3.50. The Hall–Kier alpha value is -2.94. The van der Waals surface area contributed by atoms with Crippen molar-refractivity contribution in [2.75, 3.05) is 11.9 Å². The molecule has 27 heavy (non-hydrogen) atoms. The maximum atomic E-state index is 12.1. The second kappa shape index (κ2) is 9.67. The molecule has 0 unspecified atom stereocenters. The minimum absolute atomic E-state index is 0.0335. The van der Waals surface area contributed by atoms with Gasteiger partial charge in [0.05, 0.1) is 0 Å². The highest BCUT2D eigenvalue weighted by molar-refractivity contribution is 7.80. The summed E-state index contributed by atoms with van der Waals surface area (Å²) < 4.78 is 33.9. The van der Waals surface area contributed by atoms with E-state index < -0.39 is 12.5 Å². The van der Waals surface area contributed by atoms with Crippen molar-refractivity contribution in [3.63, 3.8) is 0 Å². The van der Waals surface area contributed by atoms with Crippen LogP contribution in [0, 0.1) is 13.8 Å². The number of ether oxygens (including phenoxy) is 2. The molecule has 0 aliphatic carbocycles. The van der Waals surface area contributed by atoms with Gasteiger partial charge in [0.15, 0.2) is 11.7 Å². The molecule has 0 saturated carbocycles. The summed E-state index contributed by atoms with van der Waals surface area (Å²) in [7, 11) is 0. The van der Waals surface area contributed by atoms with Crippen LogP contribution in [0.4, 0.5) is 14.5 Å². The van der Waals surface area contributed by atoms with Gasteiger partial charge in [0.25, 0.3) is 5.91 Å². The molecule has 2 rings (SSSR count). The van der Waals surface area contributed by atoms with Crippen molar-refractivity contribution in [2.45, 2.75) is 20.5 Å². The van der Waals surface area contributed by atoms with Gasteiger partial charge in [-0.3, -0.25) is 15.6 Å². The molecular formula is C18H19F2N3O3S. The molecular weight excluding hydrogens is 376 g/mol. The number of thiocarbonyl (C=S) groups is 1. The maximum absolute atomic E-state index is 12.1. The lowest BCUT2D eigenvalue weighted by Gasteiger charge is -2.13. The van der Waals surface area contributed by atoms with Crippen LogP contribution in [0.3, 0.4) is 0 Å². The fourth-order valence-electron chi connectivity index (χ4n) is 2.00. The molecule has 9 heteroatoms. The molecule has 3 N–H and O–H groups in total. The minimum Gasteiger partial charge on any atom is -0.484 e. The van der Waals surface area contributed by atoms with E-state index in [0.29, 0.717) is 11.4 Å². The van der Waals surface area contributed by atoms with Crippen LogP contribution in [-0.2, 0) is 4.79 Å². The number of hydrogen-bond acceptors (Lipinski definition) is 4. The summed E-state index contributed by atoms with van der Waals surface area (Å²) in [6.45, 7) is 0.883. The fourth-order valence-corrected chi connectivity index (χ4v) is 2.17. The lowest BCUT2D eigenvalue weighted by Crippen LogP contribution is -2.45. The standard InChI is InChI=1S/C18H19F2N3O3S/c1-11-3-6-15(9-12(11)2)25-10-16(24)22-23-18(27)21-13-4-7-14(8-5-13)26-17(19)20/h3-9,17H,10H2,1-2H3,(H,22,24)(H2,21,23,27). The normalized spacial score (nSPS) is 10.3. The summed E-state index contributed by atoms with van der Waals surface area (Å²) in [6.07, 6.45) is 0. The first-order valence-corrected chi connectivity index (χ1v) is 8.35. The van der Waals surface area contributed by atoms with Crippen molar-refractivity contribution < 1.29 is 23.0 Å². The van der Waals surface area contributed by atoms with E-state index in [1.165, 1.54) is 24.3 Å². The Morgan fingerprint density at radius 2 is 1.70 bits per heavy atom. The quantitative estimate of drug-likeness (QED) is 0.515. The van der Waals surface area contributed by atoms with Crippen molar-refractivity contribution >= 4 is 28.9 Å². The molecule has 1 amide bonds. The van der Waals surface area contributed by atoms with E-state index in [2.05, 4.69) is 20.9 Å². The predicted octanol–water partition coefficient (Wildman–Crippen LogP) is 3.30. The zero-order valence-electron chi connectivity index (χ0n) is 14.7. The van der Waals surface area contributed by atoms with Gasteiger partial charge in [-0.25, -0.2) is 0 Å². The molecule has 0 saturated heterocycles. The molecule has 0 aliphatic rings. The second-order valence-electron chi connectivity index (χ2n) is 5.56. The van der Waals surface area contributed by atoms with Gasteiger partial charge in [-0.2, -0.15) is 8.78 Å². The van der Waals surface area contributed by atoms with E-state index in [0.717, 1.165) is 11.1 Å². The molecule has 0 atom stereocenters. The van der Waals surface area contributed by atoms with E-state index in [4.69, 9.17) is 17.0 Å². The zero-order valence-corrected chi connectivity index (χ0v) is 15.5. The number of carbonyl (C=O) groups excluding carboxylic acids is 1. The maximum Gasteiger partial charge on any atom is 0.387 e. The summed E-state index contributed by atoms with van der Waals surface area (Å²) in [5.41, 5.74) is 7.66. The lowest BCUT2D eigenvalue weighted by atomic mass is 10.1. The summed E-state index contributed by atoms with van der Waals surface area (Å²) >= 11 is 5.04. The van der Waals surface area contributed by atoms with Gasteiger partial charge in [-0.05, 0) is 73.6 Å². The average molecular weight is 395 g/mol. The smallest absolute Gasteiger partial charge is 0.387 e. The third-order valence-corrected chi connectivity index (χ3v) is 3.71. The third kappa shape index (κ3) is 7.06. The minimum atomic E-state index is -2.88. The number of aryl methyl sites for hydroxylation is 2. The number of hydrogen-bond donors (Lipinski definition) is 3. The van der Waals surface area contributed by atoms with Crippen molar-refractivity contribution in [1.29, 1.82) is 0 Å². The predicted molar refractivity (Wildman–Crippen MR) is 102 cm³/mol. The Morgan fingerprint density at radius 3 is 2.33 bits per heavy atom. The van der Waals surface area contributed by atoms with Gasteiger partial charge in [0.2, 0.25) is 0 Å². The second-order valence-corrected chi connectivity index (χ2v) is 5.97. The fraction of sp³-hybridized carbons (Fsp3) is 0.222. The van der Waals surface area contributed by atoms with Gasteiger partial charge in [0.1, 0.15) is 11.5 Å². The number of anilines is 1. The molecule has 2 aromatic rings. The van der Waals surface area contributed by atoms with E-state index >= 15 is 0 Å². The Labute approximate surface area is 160 Å². The average Bonchev–Trinajstić information content (AvgIpc) is 2.62. The topological polar surface area (TPSA) is 71.6 Å². The molecule has 144 valence electrons. The van der Waals surface area contributed by atoms with Crippen LogP contribution >= 0.6 is 12.2 Å². The largest absolute Gasteiger partial charge is 0.484 e. The van der Waals surface area contributed by atoms with E-state index in [1.807, 2.05) is 26.0 Å². The Morgan fingerprint density at radius 1 is 1.04 bits per heavy atom. The number of carbonyl (C=O) groups is 1. The number of alkyl halides is 2. The zero-order chi connectivity index (χ0) is 19.8. The highest BCUT2D eigenvalue weighted by atomic mass is 32.1. The van der Waals surface area contributed by atoms with Crippen LogP contribution in [-0.4, -0.2) is 24.2 Å². The summed E-state index contributed by atoms with van der Waals surface area (Å²) in [4.78, 5) is 11.8. The summed E-state index contributed by atoms with van der Waals surface area (Å²) in [6, 6.07) is 11.3. The van der Waals surface area contributed by atoms with Gasteiger partial charge in [0, 0.05) is 5.69 Å². The van der Waals surface area contributed by atoms with Crippen molar-refractivity contribution in [2.24, 2.45) is 0 Å². The van der Waals surface area contributed by atoms with Crippen LogP contribution in [0.25, 0.3) is 0 Å². The first-order valence-electron chi connectivity index (χ1n) is 7.94. The van der Waals surface area contributed by atoms with Gasteiger partial charge >= 0.3 is 6.61 Å². The number of amides is 1. The van der Waals surface area contributed by atoms with Gasteiger partial charge in [-0.15, -0.1) is 0 Å². The molecule has 0 heterocycles. The van der Waals surface area contributed by atoms with E-state index in [1.54, 1.807) is 6.07 Å². The molecule has 0 bridgehead atoms. The Bertz CT molecular complexity index is 801. The summed E-state index contributed by atoms with van der Waals surface area (Å²) in [5, 5.41) is 2.91. The number of halogens is 2. The first-order chi connectivity index (χ1) is 12.8. The Balaban J connectivity index is 1.72. The molecule has 0 aliphatic heterocycles. The molecule has 6 nitrogen and oxygen atoms in total. The monoisotopic (exact) mass is 395 g/mol. The van der Waals surface area contributed by atoms with E-state index in [-0.39, 0.29) is 17.5 Å². The van der Waals surface area contributed by atoms with Crippen molar-refractivity contribution in [3.05, 3.63) is 53.6 Å². The highest BCUT2D eigenvalue weighted by Crippen LogP contribution is 2.18. The molecule has 0 aromatic heterocycles. The molecule has 2 aromatic carbocycles. The Kier molecular flexibility index (Phi) is 7.30. The van der Waals surface area contributed by atoms with Crippen LogP contribution in [0.1, 0.15) is 11.1 Å². The first kappa shape index (κ1) is 20.4. The number of benzene rings is 2. The highest BCUT2D eigenvalue weighted by Gasteiger charge is 2.06. The van der Waals surface area contributed by atoms with E-state index in [9.17, 15) is 13.6 Å². The molecule has 0 spiro atoms. The van der Waals surface area contributed by atoms with Crippen molar-refractivity contribution in [1.82, 2.24) is 10.9 Å². The summed E-state index contributed by atoms with van der Waals surface area (Å²) in [5.74, 6) is 0.212.